The van der Waals surface area contributed by atoms with Crippen molar-refractivity contribution in [3.8, 4) is 11.4 Å². The van der Waals surface area contributed by atoms with Gasteiger partial charge in [0, 0.05) is 29.5 Å². The van der Waals surface area contributed by atoms with Crippen molar-refractivity contribution < 1.29 is 9.13 Å². The lowest BCUT2D eigenvalue weighted by Gasteiger charge is -2.29. The number of hydrogen-bond acceptors (Lipinski definition) is 3. The van der Waals surface area contributed by atoms with Gasteiger partial charge in [-0.05, 0) is 105 Å². The number of nitrogens with zero attached hydrogens (tertiary/aromatic N) is 3. The van der Waals surface area contributed by atoms with Crippen LogP contribution < -0.4 is 15.0 Å². The minimum absolute atomic E-state index is 0.185. The van der Waals surface area contributed by atoms with E-state index in [4.69, 9.17) is 17.0 Å². The predicted octanol–water partition coefficient (Wildman–Crippen LogP) is 6.51. The second-order valence-corrected chi connectivity index (χ2v) is 9.68. The van der Waals surface area contributed by atoms with Crippen LogP contribution in [-0.2, 0) is 0 Å². The van der Waals surface area contributed by atoms with E-state index in [-0.39, 0.29) is 17.9 Å². The number of rotatable bonds is 6. The number of aromatic nitrogens is 2. The molecule has 1 aliphatic carbocycles. The van der Waals surface area contributed by atoms with E-state index in [0.717, 1.165) is 41.4 Å². The second-order valence-electron chi connectivity index (χ2n) is 9.30. The fourth-order valence-electron chi connectivity index (χ4n) is 5.31. The molecule has 1 saturated carbocycles. The van der Waals surface area contributed by atoms with Gasteiger partial charge in [0.1, 0.15) is 17.6 Å². The second kappa shape index (κ2) is 9.74. The van der Waals surface area contributed by atoms with Gasteiger partial charge in [0.05, 0.1) is 17.8 Å². The van der Waals surface area contributed by atoms with Crippen molar-refractivity contribution in [2.24, 2.45) is 0 Å². The van der Waals surface area contributed by atoms with Gasteiger partial charge in [0.2, 0.25) is 0 Å². The molecular weight excluding hydrogens is 471 g/mol. The number of ether oxygens (including phenoxy) is 1. The molecule has 182 valence electrons. The summed E-state index contributed by atoms with van der Waals surface area (Å²) in [5.41, 5.74) is 3.59. The molecule has 1 N–H and O–H groups in total. The molecular formula is C29H27FN4OS. The zero-order valence-corrected chi connectivity index (χ0v) is 20.6. The van der Waals surface area contributed by atoms with Gasteiger partial charge in [0.15, 0.2) is 5.11 Å². The minimum Gasteiger partial charge on any atom is -0.490 e. The maximum Gasteiger partial charge on any atom is 0.174 e. The zero-order chi connectivity index (χ0) is 24.5. The lowest BCUT2D eigenvalue weighted by Crippen LogP contribution is -2.30. The van der Waals surface area contributed by atoms with Crippen LogP contribution >= 0.6 is 12.2 Å². The summed E-state index contributed by atoms with van der Waals surface area (Å²) in [6.07, 6.45) is 8.76. The summed E-state index contributed by atoms with van der Waals surface area (Å²) in [5.74, 6) is 0.605. The van der Waals surface area contributed by atoms with Crippen LogP contribution in [0.25, 0.3) is 5.69 Å². The lowest BCUT2D eigenvalue weighted by molar-refractivity contribution is 0.210. The Kier molecular flexibility index (Phi) is 6.15. The number of thiocarbonyl (C=S) groups is 1. The number of anilines is 1. The summed E-state index contributed by atoms with van der Waals surface area (Å²) in [5, 5.41) is 4.11. The van der Waals surface area contributed by atoms with Crippen LogP contribution in [0.15, 0.2) is 91.3 Å². The summed E-state index contributed by atoms with van der Waals surface area (Å²) < 4.78 is 22.3. The molecule has 0 bridgehead atoms. The molecule has 2 aliphatic rings. The molecule has 3 heterocycles. The van der Waals surface area contributed by atoms with Gasteiger partial charge in [-0.25, -0.2) is 4.39 Å². The Hall–Kier alpha value is -3.71. The molecule has 36 heavy (non-hydrogen) atoms. The number of halogens is 1. The Morgan fingerprint density at radius 2 is 1.75 bits per heavy atom. The van der Waals surface area contributed by atoms with Crippen LogP contribution in [0.3, 0.4) is 0 Å². The highest BCUT2D eigenvalue weighted by Crippen LogP contribution is 2.42. The third kappa shape index (κ3) is 4.35. The summed E-state index contributed by atoms with van der Waals surface area (Å²) in [4.78, 5) is 6.76. The van der Waals surface area contributed by atoms with E-state index >= 15 is 0 Å². The van der Waals surface area contributed by atoms with Gasteiger partial charge in [-0.2, -0.15) is 0 Å². The molecule has 0 amide bonds. The van der Waals surface area contributed by atoms with Crippen molar-refractivity contribution in [2.45, 2.75) is 43.9 Å². The molecule has 5 nitrogen and oxygen atoms in total. The van der Waals surface area contributed by atoms with Crippen molar-refractivity contribution in [1.29, 1.82) is 0 Å². The van der Waals surface area contributed by atoms with E-state index in [9.17, 15) is 4.39 Å². The first-order chi connectivity index (χ1) is 17.7. The fourth-order valence-corrected chi connectivity index (χ4v) is 5.66. The maximum atomic E-state index is 14.1. The standard InChI is InChI=1S/C29H27FN4OS/c30-20-7-5-8-22(19-20)33-18-6-12-26(33)28-27(25-11-3-4-17-31-25)32-29(36)34(28)21-13-15-24(16-14-21)35-23-9-1-2-10-23/h3-8,11-19,23,27-28H,1-2,9-10H2,(H,32,36)/t27-,28+/m1/s1. The summed E-state index contributed by atoms with van der Waals surface area (Å²) in [7, 11) is 0. The molecule has 2 aromatic carbocycles. The quantitative estimate of drug-likeness (QED) is 0.307. The van der Waals surface area contributed by atoms with Crippen LogP contribution in [0, 0.1) is 5.82 Å². The SMILES string of the molecule is Fc1cccc(-n2cccc2[C@H]2[C@@H](c3ccccn3)NC(=S)N2c2ccc(OC3CCCC3)cc2)c1. The first kappa shape index (κ1) is 22.7. The average Bonchev–Trinajstić information content (AvgIpc) is 3.65. The Morgan fingerprint density at radius 3 is 2.50 bits per heavy atom. The van der Waals surface area contributed by atoms with E-state index in [1.807, 2.05) is 53.2 Å². The van der Waals surface area contributed by atoms with Gasteiger partial charge in [-0.3, -0.25) is 4.98 Å². The number of hydrogen-bond donors (Lipinski definition) is 1. The highest BCUT2D eigenvalue weighted by Gasteiger charge is 2.42. The lowest BCUT2D eigenvalue weighted by atomic mass is 10.0. The van der Waals surface area contributed by atoms with Crippen LogP contribution in [0.1, 0.15) is 49.2 Å². The molecule has 0 radical (unpaired) electrons. The minimum atomic E-state index is -0.275. The van der Waals surface area contributed by atoms with Gasteiger partial charge < -0.3 is 19.5 Å². The zero-order valence-electron chi connectivity index (χ0n) is 19.8. The van der Waals surface area contributed by atoms with Gasteiger partial charge in [-0.1, -0.05) is 12.1 Å². The Bertz CT molecular complexity index is 1350. The largest absolute Gasteiger partial charge is 0.490 e. The molecule has 2 aromatic heterocycles. The normalized spacial score (nSPS) is 20.0. The Morgan fingerprint density at radius 1 is 0.917 bits per heavy atom. The summed E-state index contributed by atoms with van der Waals surface area (Å²) in [6.45, 7) is 0. The van der Waals surface area contributed by atoms with Crippen molar-refractivity contribution in [1.82, 2.24) is 14.9 Å². The van der Waals surface area contributed by atoms with E-state index < -0.39 is 0 Å². The van der Waals surface area contributed by atoms with Crippen molar-refractivity contribution >= 4 is 23.0 Å². The highest BCUT2D eigenvalue weighted by atomic mass is 32.1. The van der Waals surface area contributed by atoms with Crippen LogP contribution in [0.4, 0.5) is 10.1 Å². The molecule has 2 atom stereocenters. The van der Waals surface area contributed by atoms with E-state index in [0.29, 0.717) is 11.2 Å². The van der Waals surface area contributed by atoms with Crippen molar-refractivity contribution in [2.75, 3.05) is 4.90 Å². The molecule has 1 saturated heterocycles. The van der Waals surface area contributed by atoms with Crippen LogP contribution in [0.5, 0.6) is 5.75 Å². The van der Waals surface area contributed by atoms with Crippen molar-refractivity contribution in [3.63, 3.8) is 0 Å². The molecule has 2 fully saturated rings. The molecule has 7 heteroatoms. The number of pyridine rings is 1. The number of nitrogens with one attached hydrogen (secondary N) is 1. The third-order valence-electron chi connectivity index (χ3n) is 6.99. The van der Waals surface area contributed by atoms with Crippen molar-refractivity contribution in [3.05, 3.63) is 108 Å². The average molecular weight is 499 g/mol. The van der Waals surface area contributed by atoms with E-state index in [1.165, 1.54) is 18.9 Å². The molecule has 1 aliphatic heterocycles. The van der Waals surface area contributed by atoms with E-state index in [2.05, 4.69) is 33.4 Å². The Balaban J connectivity index is 1.40. The summed E-state index contributed by atoms with van der Waals surface area (Å²) in [6, 6.07) is 24.3. The molecule has 0 spiro atoms. The van der Waals surface area contributed by atoms with Gasteiger partial charge >= 0.3 is 0 Å². The molecule has 0 unspecified atom stereocenters. The van der Waals surface area contributed by atoms with Crippen LogP contribution in [0.2, 0.25) is 0 Å². The molecule has 4 aromatic rings. The predicted molar refractivity (Wildman–Crippen MR) is 143 cm³/mol. The topological polar surface area (TPSA) is 42.3 Å². The highest BCUT2D eigenvalue weighted by molar-refractivity contribution is 7.80. The van der Waals surface area contributed by atoms with Crippen LogP contribution in [-0.4, -0.2) is 20.8 Å². The third-order valence-corrected chi connectivity index (χ3v) is 7.30. The first-order valence-corrected chi connectivity index (χ1v) is 12.8. The summed E-state index contributed by atoms with van der Waals surface area (Å²) >= 11 is 5.87. The van der Waals surface area contributed by atoms with Gasteiger partial charge in [0.25, 0.3) is 0 Å². The molecule has 6 rings (SSSR count). The van der Waals surface area contributed by atoms with Gasteiger partial charge in [-0.15, -0.1) is 0 Å². The van der Waals surface area contributed by atoms with E-state index in [1.54, 1.807) is 18.3 Å². The maximum absolute atomic E-state index is 14.1. The fraction of sp³-hybridized carbons (Fsp3) is 0.241. The smallest absolute Gasteiger partial charge is 0.174 e. The number of benzene rings is 2. The first-order valence-electron chi connectivity index (χ1n) is 12.4. The Labute approximate surface area is 215 Å². The monoisotopic (exact) mass is 498 g/mol.